The van der Waals surface area contributed by atoms with Crippen LogP contribution in [0.5, 0.6) is 5.88 Å². The van der Waals surface area contributed by atoms with Crippen molar-refractivity contribution < 1.29 is 23.1 Å². The van der Waals surface area contributed by atoms with Crippen LogP contribution in [0.1, 0.15) is 24.5 Å². The van der Waals surface area contributed by atoms with Gasteiger partial charge in [0.15, 0.2) is 0 Å². The number of nitrogens with one attached hydrogen (secondary N) is 1. The zero-order chi connectivity index (χ0) is 26.2. The third-order valence-electron chi connectivity index (χ3n) is 5.85. The molecular weight excluding hydrogens is 477 g/mol. The van der Waals surface area contributed by atoms with Crippen molar-refractivity contribution in [3.05, 3.63) is 96.8 Å². The fourth-order valence-electron chi connectivity index (χ4n) is 3.85. The molecule has 1 aromatic heterocycles. The van der Waals surface area contributed by atoms with Gasteiger partial charge in [-0.05, 0) is 42.3 Å². The molecule has 1 aliphatic heterocycles. The first-order valence-corrected chi connectivity index (χ1v) is 10.8. The van der Waals surface area contributed by atoms with Crippen molar-refractivity contribution in [3.63, 3.8) is 0 Å². The van der Waals surface area contributed by atoms with E-state index < -0.39 is 28.9 Å². The molecule has 2 aromatic carbocycles. The number of hydrogen-bond donors (Lipinski definition) is 2. The Morgan fingerprint density at radius 1 is 1.17 bits per heavy atom. The molecule has 0 aliphatic carbocycles. The molecule has 0 spiro atoms. The van der Waals surface area contributed by atoms with Gasteiger partial charge in [0.1, 0.15) is 5.56 Å². The van der Waals surface area contributed by atoms with Crippen LogP contribution in [0.3, 0.4) is 0 Å². The van der Waals surface area contributed by atoms with E-state index in [1.54, 1.807) is 19.2 Å². The highest BCUT2D eigenvalue weighted by molar-refractivity contribution is 5.77. The number of allylic oxidation sites excluding steroid dienone is 1. The lowest BCUT2D eigenvalue weighted by Gasteiger charge is -2.15. The molecular formula is C25H21F3N4O4. The average Bonchev–Trinajstić information content (AvgIpc) is 3.16. The number of benzene rings is 2. The lowest BCUT2D eigenvalue weighted by atomic mass is 10.1. The van der Waals surface area contributed by atoms with Gasteiger partial charge in [0.25, 0.3) is 5.56 Å². The summed E-state index contributed by atoms with van der Waals surface area (Å²) in [4.78, 5) is 44.8. The lowest BCUT2D eigenvalue weighted by Crippen LogP contribution is -2.30. The third kappa shape index (κ3) is 4.72. The first-order valence-electron chi connectivity index (χ1n) is 10.8. The van der Waals surface area contributed by atoms with E-state index in [4.69, 9.17) is 0 Å². The molecule has 0 unspecified atom stereocenters. The third-order valence-corrected chi connectivity index (χ3v) is 5.85. The van der Waals surface area contributed by atoms with Gasteiger partial charge in [0, 0.05) is 25.7 Å². The predicted octanol–water partition coefficient (Wildman–Crippen LogP) is 1.94. The second-order valence-corrected chi connectivity index (χ2v) is 8.21. The molecule has 2 N–H and O–H groups in total. The monoisotopic (exact) mass is 498 g/mol. The Morgan fingerprint density at radius 2 is 1.89 bits per heavy atom. The van der Waals surface area contributed by atoms with Crippen molar-refractivity contribution in [2.24, 2.45) is 4.99 Å². The Bertz CT molecular complexity index is 1630. The Kier molecular flexibility index (Phi) is 6.40. The molecule has 3 aromatic rings. The standard InChI is InChI=1S/C25H21F3N4O4/c1-14(33)31(2)11-10-18-17-8-3-4-9-20(17)29-21(18)13-19-22(34)30-24(36)32(23(19)35)16-7-5-6-15(12-16)25(26,27)28/h3-9,12-13,35H,10-11H2,1-2H3,(H,30,34,36)/b21-13-. The summed E-state index contributed by atoms with van der Waals surface area (Å²) in [6, 6.07) is 11.0. The van der Waals surface area contributed by atoms with Crippen LogP contribution in [0.25, 0.3) is 17.3 Å². The number of amides is 1. The van der Waals surface area contributed by atoms with Gasteiger partial charge in [-0.3, -0.25) is 14.6 Å². The number of carbonyl (C=O) groups is 1. The van der Waals surface area contributed by atoms with Crippen LogP contribution in [0.15, 0.2) is 68.8 Å². The van der Waals surface area contributed by atoms with Gasteiger partial charge >= 0.3 is 11.9 Å². The van der Waals surface area contributed by atoms with Crippen LogP contribution >= 0.6 is 0 Å². The van der Waals surface area contributed by atoms with Crippen molar-refractivity contribution in [2.45, 2.75) is 19.5 Å². The molecule has 2 heterocycles. The van der Waals surface area contributed by atoms with Gasteiger partial charge in [0.2, 0.25) is 11.8 Å². The summed E-state index contributed by atoms with van der Waals surface area (Å²) in [5, 5.41) is 12.3. The number of aromatic amines is 1. The van der Waals surface area contributed by atoms with Gasteiger partial charge in [-0.25, -0.2) is 14.4 Å². The highest BCUT2D eigenvalue weighted by Crippen LogP contribution is 2.31. The SMILES string of the molecule is CC(=O)N(C)CCC1=c2ccccc2=N/C1=C\c1c(O)n(-c2cccc(C(F)(F)F)c2)c(=O)[nH]c1=O. The predicted molar refractivity (Wildman–Crippen MR) is 126 cm³/mol. The second-order valence-electron chi connectivity index (χ2n) is 8.21. The number of alkyl halides is 3. The number of H-pyrrole nitrogens is 1. The van der Waals surface area contributed by atoms with Crippen LogP contribution in [0, 0.1) is 0 Å². The molecule has 8 nitrogen and oxygen atoms in total. The van der Waals surface area contributed by atoms with Crippen LogP contribution in [0.2, 0.25) is 0 Å². The molecule has 1 amide bonds. The fourth-order valence-corrected chi connectivity index (χ4v) is 3.85. The molecule has 0 fully saturated rings. The fraction of sp³-hybridized carbons (Fsp3) is 0.200. The van der Waals surface area contributed by atoms with Crippen LogP contribution in [-0.4, -0.2) is 39.1 Å². The molecule has 0 bridgehead atoms. The number of rotatable bonds is 5. The Balaban J connectivity index is 1.87. The molecule has 0 saturated heterocycles. The van der Waals surface area contributed by atoms with Crippen molar-refractivity contribution in [1.29, 1.82) is 0 Å². The maximum atomic E-state index is 13.2. The van der Waals surface area contributed by atoms with E-state index in [2.05, 4.69) is 4.99 Å². The largest absolute Gasteiger partial charge is 0.494 e. The highest BCUT2D eigenvalue weighted by atomic mass is 19.4. The zero-order valence-corrected chi connectivity index (χ0v) is 19.3. The number of nitrogens with zero attached hydrogens (tertiary/aromatic N) is 3. The molecule has 1 aliphatic rings. The molecule has 11 heteroatoms. The first-order chi connectivity index (χ1) is 17.0. The Labute approximate surface area is 202 Å². The molecule has 0 atom stereocenters. The van der Waals surface area contributed by atoms with Gasteiger partial charge in [0.05, 0.1) is 22.3 Å². The molecule has 4 rings (SSSR count). The van der Waals surface area contributed by atoms with E-state index in [9.17, 15) is 32.7 Å². The smallest absolute Gasteiger partial charge is 0.416 e. The maximum absolute atomic E-state index is 13.2. The van der Waals surface area contributed by atoms with E-state index >= 15 is 0 Å². The van der Waals surface area contributed by atoms with Crippen LogP contribution in [0.4, 0.5) is 13.2 Å². The summed E-state index contributed by atoms with van der Waals surface area (Å²) in [7, 11) is 1.64. The number of fused-ring (bicyclic) bond motifs is 1. The molecule has 0 saturated carbocycles. The summed E-state index contributed by atoms with van der Waals surface area (Å²) >= 11 is 0. The quantitative estimate of drug-likeness (QED) is 0.561. The van der Waals surface area contributed by atoms with E-state index in [1.807, 2.05) is 17.1 Å². The summed E-state index contributed by atoms with van der Waals surface area (Å²) in [5.74, 6) is -0.964. The summed E-state index contributed by atoms with van der Waals surface area (Å²) in [6.07, 6.45) is -3.01. The van der Waals surface area contributed by atoms with Crippen molar-refractivity contribution in [2.75, 3.05) is 13.6 Å². The molecule has 0 radical (unpaired) electrons. The van der Waals surface area contributed by atoms with Crippen molar-refractivity contribution in [1.82, 2.24) is 14.5 Å². The van der Waals surface area contributed by atoms with Gasteiger partial charge in [-0.2, -0.15) is 13.2 Å². The molecule has 36 heavy (non-hydrogen) atoms. The van der Waals surface area contributed by atoms with Crippen LogP contribution < -0.4 is 21.8 Å². The number of carbonyl (C=O) groups excluding carboxylic acids is 1. The lowest BCUT2D eigenvalue weighted by molar-refractivity contribution is -0.137. The van der Waals surface area contributed by atoms with Crippen LogP contribution in [-0.2, 0) is 11.0 Å². The first kappa shape index (κ1) is 24.7. The minimum Gasteiger partial charge on any atom is -0.494 e. The number of para-hydroxylation sites is 1. The Morgan fingerprint density at radius 3 is 2.58 bits per heavy atom. The highest BCUT2D eigenvalue weighted by Gasteiger charge is 2.31. The number of halogens is 3. The number of aromatic nitrogens is 2. The van der Waals surface area contributed by atoms with E-state index in [1.165, 1.54) is 24.0 Å². The number of hydrogen-bond acceptors (Lipinski definition) is 5. The van der Waals surface area contributed by atoms with E-state index in [0.717, 1.165) is 17.4 Å². The van der Waals surface area contributed by atoms with E-state index in [0.29, 0.717) is 40.2 Å². The minimum atomic E-state index is -4.67. The average molecular weight is 498 g/mol. The van der Waals surface area contributed by atoms with Gasteiger partial charge in [-0.15, -0.1) is 0 Å². The Hall–Kier alpha value is -4.41. The topological polar surface area (TPSA) is 108 Å². The van der Waals surface area contributed by atoms with Gasteiger partial charge < -0.3 is 10.0 Å². The normalized spacial score (nSPS) is 14.0. The van der Waals surface area contributed by atoms with Crippen molar-refractivity contribution in [3.8, 4) is 11.6 Å². The van der Waals surface area contributed by atoms with E-state index in [-0.39, 0.29) is 17.2 Å². The number of aromatic hydroxyl groups is 1. The zero-order valence-electron chi connectivity index (χ0n) is 19.3. The van der Waals surface area contributed by atoms with Gasteiger partial charge in [-0.1, -0.05) is 24.3 Å². The molecule has 186 valence electrons. The second kappa shape index (κ2) is 9.33. The maximum Gasteiger partial charge on any atom is 0.416 e. The van der Waals surface area contributed by atoms with Crippen molar-refractivity contribution >= 4 is 17.6 Å². The summed E-state index contributed by atoms with van der Waals surface area (Å²) in [5.41, 5.74) is -2.66. The minimum absolute atomic E-state index is 0.133. The summed E-state index contributed by atoms with van der Waals surface area (Å²) in [6.45, 7) is 1.79. The summed E-state index contributed by atoms with van der Waals surface area (Å²) < 4.78 is 40.2.